The molecule has 1 aromatic carbocycles. The van der Waals surface area contributed by atoms with Crippen LogP contribution < -0.4 is 9.47 Å². The third-order valence-electron chi connectivity index (χ3n) is 2.83. The minimum Gasteiger partial charge on any atom is -0.493 e. The number of methoxy groups -OCH3 is 2. The number of rotatable bonds is 5. The highest BCUT2D eigenvalue weighted by Gasteiger charge is 2.08. The first kappa shape index (κ1) is 13.0. The number of hydrogen-bond acceptors (Lipinski definition) is 3. The van der Waals surface area contributed by atoms with Crippen molar-refractivity contribution >= 4 is 11.3 Å². The number of thiophene rings is 1. The van der Waals surface area contributed by atoms with E-state index in [4.69, 9.17) is 9.47 Å². The van der Waals surface area contributed by atoms with E-state index in [0.29, 0.717) is 0 Å². The fourth-order valence-corrected chi connectivity index (χ4v) is 3.01. The third kappa shape index (κ3) is 2.67. The van der Waals surface area contributed by atoms with Crippen LogP contribution in [0.15, 0.2) is 30.3 Å². The van der Waals surface area contributed by atoms with Crippen molar-refractivity contribution in [2.75, 3.05) is 14.2 Å². The normalized spacial score (nSPS) is 10.4. The molecule has 3 heteroatoms. The van der Waals surface area contributed by atoms with Gasteiger partial charge in [-0.2, -0.15) is 0 Å². The summed E-state index contributed by atoms with van der Waals surface area (Å²) in [5, 5.41) is 0. The zero-order chi connectivity index (χ0) is 13.0. The van der Waals surface area contributed by atoms with E-state index in [-0.39, 0.29) is 0 Å². The lowest BCUT2D eigenvalue weighted by Gasteiger charge is -2.08. The molecule has 0 spiro atoms. The highest BCUT2D eigenvalue weighted by atomic mass is 32.1. The zero-order valence-corrected chi connectivity index (χ0v) is 11.8. The lowest BCUT2D eigenvalue weighted by molar-refractivity contribution is 0.355. The van der Waals surface area contributed by atoms with Crippen LogP contribution in [0.25, 0.3) is 10.4 Å². The molecule has 0 unspecified atom stereocenters. The summed E-state index contributed by atoms with van der Waals surface area (Å²) in [7, 11) is 3.32. The Labute approximate surface area is 112 Å². The molecule has 0 fully saturated rings. The molecule has 2 rings (SSSR count). The van der Waals surface area contributed by atoms with Gasteiger partial charge in [-0.1, -0.05) is 13.3 Å². The maximum atomic E-state index is 5.33. The quantitative estimate of drug-likeness (QED) is 0.796. The van der Waals surface area contributed by atoms with Gasteiger partial charge in [0, 0.05) is 9.75 Å². The Bertz CT molecular complexity index is 517. The Kier molecular flexibility index (Phi) is 4.26. The van der Waals surface area contributed by atoms with Crippen molar-refractivity contribution in [2.24, 2.45) is 0 Å². The second-order valence-corrected chi connectivity index (χ2v) is 5.25. The fourth-order valence-electron chi connectivity index (χ4n) is 1.90. The Morgan fingerprint density at radius 3 is 2.44 bits per heavy atom. The first-order chi connectivity index (χ1) is 8.78. The predicted molar refractivity (Wildman–Crippen MR) is 76.9 cm³/mol. The first-order valence-corrected chi connectivity index (χ1v) is 6.91. The molecule has 1 aromatic heterocycles. The van der Waals surface area contributed by atoms with Crippen molar-refractivity contribution in [3.63, 3.8) is 0 Å². The summed E-state index contributed by atoms with van der Waals surface area (Å²) >= 11 is 1.85. The Hall–Kier alpha value is -1.48. The van der Waals surface area contributed by atoms with Crippen molar-refractivity contribution in [1.29, 1.82) is 0 Å². The smallest absolute Gasteiger partial charge is 0.161 e. The molecule has 0 aliphatic rings. The Balaban J connectivity index is 2.31. The van der Waals surface area contributed by atoms with Crippen LogP contribution in [0.4, 0.5) is 0 Å². The van der Waals surface area contributed by atoms with Gasteiger partial charge in [0.15, 0.2) is 11.5 Å². The van der Waals surface area contributed by atoms with E-state index in [1.165, 1.54) is 21.7 Å². The minimum absolute atomic E-state index is 0.770. The monoisotopic (exact) mass is 262 g/mol. The van der Waals surface area contributed by atoms with Gasteiger partial charge in [-0.05, 0) is 42.3 Å². The Morgan fingerprint density at radius 2 is 1.78 bits per heavy atom. The largest absolute Gasteiger partial charge is 0.493 e. The molecule has 18 heavy (non-hydrogen) atoms. The summed E-state index contributed by atoms with van der Waals surface area (Å²) in [4.78, 5) is 2.71. The zero-order valence-electron chi connectivity index (χ0n) is 11.0. The summed E-state index contributed by atoms with van der Waals surface area (Å²) in [6.07, 6.45) is 2.34. The van der Waals surface area contributed by atoms with Crippen molar-refractivity contribution in [3.8, 4) is 21.9 Å². The van der Waals surface area contributed by atoms with Crippen LogP contribution in [0, 0.1) is 0 Å². The van der Waals surface area contributed by atoms with E-state index in [2.05, 4.69) is 25.1 Å². The molecular weight excluding hydrogens is 244 g/mol. The number of ether oxygens (including phenoxy) is 2. The summed E-state index contributed by atoms with van der Waals surface area (Å²) in [6.45, 7) is 2.20. The average Bonchev–Trinajstić information content (AvgIpc) is 2.87. The van der Waals surface area contributed by atoms with E-state index in [9.17, 15) is 0 Å². The molecule has 0 radical (unpaired) electrons. The molecule has 0 saturated heterocycles. The van der Waals surface area contributed by atoms with Crippen LogP contribution in [0.5, 0.6) is 11.5 Å². The highest BCUT2D eigenvalue weighted by Crippen LogP contribution is 2.35. The van der Waals surface area contributed by atoms with Gasteiger partial charge in [0.25, 0.3) is 0 Å². The standard InChI is InChI=1S/C15H18O2S/c1-4-5-12-7-9-15(18-12)11-6-8-13(16-2)14(10-11)17-3/h6-10H,4-5H2,1-3H3. The van der Waals surface area contributed by atoms with Crippen LogP contribution >= 0.6 is 11.3 Å². The maximum absolute atomic E-state index is 5.33. The maximum Gasteiger partial charge on any atom is 0.161 e. The fraction of sp³-hybridized carbons (Fsp3) is 0.333. The molecule has 2 aromatic rings. The van der Waals surface area contributed by atoms with Crippen molar-refractivity contribution in [3.05, 3.63) is 35.2 Å². The summed E-state index contributed by atoms with van der Waals surface area (Å²) in [5.74, 6) is 1.55. The molecule has 0 N–H and O–H groups in total. The van der Waals surface area contributed by atoms with Crippen molar-refractivity contribution < 1.29 is 9.47 Å². The molecule has 1 heterocycles. The second-order valence-electron chi connectivity index (χ2n) is 4.09. The summed E-state index contributed by atoms with van der Waals surface area (Å²) < 4.78 is 10.6. The number of aryl methyl sites for hydroxylation is 1. The molecule has 0 saturated carbocycles. The molecule has 0 atom stereocenters. The molecule has 0 aliphatic carbocycles. The lowest BCUT2D eigenvalue weighted by atomic mass is 10.1. The molecule has 0 amide bonds. The summed E-state index contributed by atoms with van der Waals surface area (Å²) in [5.41, 5.74) is 1.18. The van der Waals surface area contributed by atoms with Crippen LogP contribution in [-0.4, -0.2) is 14.2 Å². The van der Waals surface area contributed by atoms with Gasteiger partial charge in [-0.15, -0.1) is 11.3 Å². The molecular formula is C15H18O2S. The minimum atomic E-state index is 0.770. The van der Waals surface area contributed by atoms with Gasteiger partial charge in [0.1, 0.15) is 0 Å². The number of hydrogen-bond donors (Lipinski definition) is 0. The van der Waals surface area contributed by atoms with Gasteiger partial charge < -0.3 is 9.47 Å². The van der Waals surface area contributed by atoms with Gasteiger partial charge in [0.05, 0.1) is 14.2 Å². The van der Waals surface area contributed by atoms with E-state index >= 15 is 0 Å². The average molecular weight is 262 g/mol. The predicted octanol–water partition coefficient (Wildman–Crippen LogP) is 4.38. The van der Waals surface area contributed by atoms with E-state index in [0.717, 1.165) is 17.9 Å². The van der Waals surface area contributed by atoms with Crippen molar-refractivity contribution in [1.82, 2.24) is 0 Å². The third-order valence-corrected chi connectivity index (χ3v) is 4.02. The Morgan fingerprint density at radius 1 is 1.00 bits per heavy atom. The van der Waals surface area contributed by atoms with Crippen molar-refractivity contribution in [2.45, 2.75) is 19.8 Å². The van der Waals surface area contributed by atoms with E-state index in [1.807, 2.05) is 23.5 Å². The van der Waals surface area contributed by atoms with E-state index in [1.54, 1.807) is 14.2 Å². The van der Waals surface area contributed by atoms with Crippen LogP contribution in [0.2, 0.25) is 0 Å². The molecule has 2 nitrogen and oxygen atoms in total. The van der Waals surface area contributed by atoms with Crippen LogP contribution in [0.1, 0.15) is 18.2 Å². The SMILES string of the molecule is CCCc1ccc(-c2ccc(OC)c(OC)c2)s1. The van der Waals surface area contributed by atoms with E-state index < -0.39 is 0 Å². The first-order valence-electron chi connectivity index (χ1n) is 6.09. The molecule has 0 aliphatic heterocycles. The lowest BCUT2D eigenvalue weighted by Crippen LogP contribution is -1.90. The van der Waals surface area contributed by atoms with Crippen LogP contribution in [0.3, 0.4) is 0 Å². The number of benzene rings is 1. The summed E-state index contributed by atoms with van der Waals surface area (Å²) in [6, 6.07) is 10.4. The van der Waals surface area contributed by atoms with Gasteiger partial charge in [-0.25, -0.2) is 0 Å². The molecule has 0 bridgehead atoms. The highest BCUT2D eigenvalue weighted by molar-refractivity contribution is 7.15. The van der Waals surface area contributed by atoms with Gasteiger partial charge in [0.2, 0.25) is 0 Å². The van der Waals surface area contributed by atoms with Gasteiger partial charge in [-0.3, -0.25) is 0 Å². The topological polar surface area (TPSA) is 18.5 Å². The molecule has 96 valence electrons. The second kappa shape index (κ2) is 5.91. The van der Waals surface area contributed by atoms with Gasteiger partial charge >= 0.3 is 0 Å². The van der Waals surface area contributed by atoms with Crippen LogP contribution in [-0.2, 0) is 6.42 Å².